The number of hydrogen-bond donors (Lipinski definition) is 0. The van der Waals surface area contributed by atoms with Crippen molar-refractivity contribution in [2.24, 2.45) is 0 Å². The number of ketones is 1. The highest BCUT2D eigenvalue weighted by Gasteiger charge is 2.15. The minimum Gasteiger partial charge on any atom is -0.497 e. The number of likely N-dealkylation sites (N-methyl/N-ethyl adjacent to an activating group) is 1. The summed E-state index contributed by atoms with van der Waals surface area (Å²) in [4.78, 5) is 15.7. The van der Waals surface area contributed by atoms with Crippen LogP contribution in [0.5, 0.6) is 5.75 Å². The van der Waals surface area contributed by atoms with Gasteiger partial charge in [-0.25, -0.2) is 0 Å². The minimum atomic E-state index is 0.211. The fraction of sp³-hybridized carbons (Fsp3) is 0.500. The Bertz CT molecular complexity index is 750. The summed E-state index contributed by atoms with van der Waals surface area (Å²) in [7, 11) is 3.69. The lowest BCUT2D eigenvalue weighted by Gasteiger charge is -2.25. The second-order valence-corrected chi connectivity index (χ2v) is 8.18. The highest BCUT2D eigenvalue weighted by Crippen LogP contribution is 2.24. The molecular formula is C26H38N2O2. The van der Waals surface area contributed by atoms with E-state index in [-0.39, 0.29) is 11.8 Å². The number of carbonyl (C=O) groups is 1. The van der Waals surface area contributed by atoms with Crippen LogP contribution >= 0.6 is 0 Å². The SMILES string of the molecule is CC(=O)CN(C)C(C)c1ccc(N2CCCC2)cc1.CCCc1ccc(OC)cc1. The van der Waals surface area contributed by atoms with E-state index in [0.29, 0.717) is 6.54 Å². The van der Waals surface area contributed by atoms with Crippen LogP contribution in [0.1, 0.15) is 57.2 Å². The molecule has 2 aromatic rings. The average Bonchev–Trinajstić information content (AvgIpc) is 3.29. The zero-order chi connectivity index (χ0) is 21.9. The first-order valence-electron chi connectivity index (χ1n) is 11.1. The number of benzene rings is 2. The number of carbonyl (C=O) groups excluding carboxylic acids is 1. The van der Waals surface area contributed by atoms with Gasteiger partial charge in [0.1, 0.15) is 11.5 Å². The summed E-state index contributed by atoms with van der Waals surface area (Å²) in [5.41, 5.74) is 3.97. The van der Waals surface area contributed by atoms with Gasteiger partial charge in [-0.3, -0.25) is 9.69 Å². The molecule has 4 heteroatoms. The summed E-state index contributed by atoms with van der Waals surface area (Å²) < 4.78 is 5.05. The van der Waals surface area contributed by atoms with Crippen molar-refractivity contribution < 1.29 is 9.53 Å². The van der Waals surface area contributed by atoms with Crippen LogP contribution in [0.4, 0.5) is 5.69 Å². The minimum absolute atomic E-state index is 0.211. The van der Waals surface area contributed by atoms with E-state index in [1.165, 1.54) is 49.2 Å². The molecule has 1 fully saturated rings. The Morgan fingerprint density at radius 3 is 2.17 bits per heavy atom. The van der Waals surface area contributed by atoms with Crippen LogP contribution in [0, 0.1) is 0 Å². The molecule has 0 amide bonds. The third kappa shape index (κ3) is 7.49. The topological polar surface area (TPSA) is 32.8 Å². The molecule has 0 radical (unpaired) electrons. The fourth-order valence-electron chi connectivity index (χ4n) is 3.76. The molecule has 164 valence electrons. The quantitative estimate of drug-likeness (QED) is 0.574. The van der Waals surface area contributed by atoms with E-state index >= 15 is 0 Å². The van der Waals surface area contributed by atoms with Crippen LogP contribution in [-0.4, -0.2) is 44.5 Å². The molecule has 30 heavy (non-hydrogen) atoms. The zero-order valence-corrected chi connectivity index (χ0v) is 19.4. The Kier molecular flexibility index (Phi) is 9.88. The largest absolute Gasteiger partial charge is 0.497 e. The molecule has 4 nitrogen and oxygen atoms in total. The number of ether oxygens (including phenoxy) is 1. The van der Waals surface area contributed by atoms with Gasteiger partial charge < -0.3 is 9.64 Å². The lowest BCUT2D eigenvalue weighted by atomic mass is 10.1. The van der Waals surface area contributed by atoms with Gasteiger partial charge in [-0.05, 0) is 75.5 Å². The van der Waals surface area contributed by atoms with Gasteiger partial charge >= 0.3 is 0 Å². The number of aryl methyl sites for hydroxylation is 1. The number of methoxy groups -OCH3 is 1. The van der Waals surface area contributed by atoms with Crippen LogP contribution < -0.4 is 9.64 Å². The van der Waals surface area contributed by atoms with Gasteiger partial charge in [-0.1, -0.05) is 37.6 Å². The van der Waals surface area contributed by atoms with Crippen molar-refractivity contribution in [3.63, 3.8) is 0 Å². The van der Waals surface area contributed by atoms with Crippen molar-refractivity contribution in [3.8, 4) is 5.75 Å². The summed E-state index contributed by atoms with van der Waals surface area (Å²) in [6.45, 7) is 8.84. The lowest BCUT2D eigenvalue weighted by Crippen LogP contribution is -2.27. The van der Waals surface area contributed by atoms with Gasteiger partial charge in [0.15, 0.2) is 0 Å². The van der Waals surface area contributed by atoms with E-state index in [4.69, 9.17) is 4.74 Å². The second kappa shape index (κ2) is 12.4. The summed E-state index contributed by atoms with van der Waals surface area (Å²) >= 11 is 0. The monoisotopic (exact) mass is 410 g/mol. The molecule has 0 N–H and O–H groups in total. The van der Waals surface area contributed by atoms with E-state index in [1.54, 1.807) is 14.0 Å². The molecule has 0 spiro atoms. The highest BCUT2D eigenvalue weighted by atomic mass is 16.5. The normalized spacial score (nSPS) is 14.3. The number of Topliss-reactive ketones (excluding diaryl/α,β-unsaturated/α-hetero) is 1. The standard InChI is InChI=1S/C16H24N2O.C10H14O/c1-13(19)12-17(3)14(2)15-6-8-16(9-7-15)18-10-4-5-11-18;1-3-4-9-5-7-10(11-2)8-6-9/h6-9,14H,4-5,10-12H2,1-3H3;5-8H,3-4H2,1-2H3. The molecular weight excluding hydrogens is 372 g/mol. The van der Waals surface area contributed by atoms with Crippen LogP contribution in [0.15, 0.2) is 48.5 Å². The summed E-state index contributed by atoms with van der Waals surface area (Å²) in [6, 6.07) is 17.3. The van der Waals surface area contributed by atoms with E-state index in [9.17, 15) is 4.79 Å². The van der Waals surface area contributed by atoms with E-state index in [2.05, 4.69) is 60.0 Å². The Balaban J connectivity index is 0.000000248. The molecule has 1 saturated heterocycles. The molecule has 0 aliphatic carbocycles. The number of hydrogen-bond acceptors (Lipinski definition) is 4. The summed E-state index contributed by atoms with van der Waals surface area (Å²) in [5, 5.41) is 0. The molecule has 1 aliphatic rings. The number of rotatable bonds is 8. The van der Waals surface area contributed by atoms with Gasteiger partial charge in [-0.2, -0.15) is 0 Å². The predicted molar refractivity (Wildman–Crippen MR) is 127 cm³/mol. The van der Waals surface area contributed by atoms with Gasteiger partial charge in [0.25, 0.3) is 0 Å². The molecule has 3 rings (SSSR count). The maximum atomic E-state index is 11.2. The first-order chi connectivity index (χ1) is 14.4. The van der Waals surface area contributed by atoms with Crippen molar-refractivity contribution in [3.05, 3.63) is 59.7 Å². The predicted octanol–water partition coefficient (Wildman–Crippen LogP) is 5.52. The van der Waals surface area contributed by atoms with Crippen molar-refractivity contribution >= 4 is 11.5 Å². The highest BCUT2D eigenvalue weighted by molar-refractivity contribution is 5.77. The van der Waals surface area contributed by atoms with Crippen LogP contribution in [0.3, 0.4) is 0 Å². The Morgan fingerprint density at radius 1 is 1.07 bits per heavy atom. The Morgan fingerprint density at radius 2 is 1.67 bits per heavy atom. The zero-order valence-electron chi connectivity index (χ0n) is 19.4. The molecule has 1 aliphatic heterocycles. The molecule has 1 heterocycles. The van der Waals surface area contributed by atoms with Crippen molar-refractivity contribution in [2.45, 2.75) is 52.5 Å². The van der Waals surface area contributed by atoms with Gasteiger partial charge in [0, 0.05) is 24.8 Å². The fourth-order valence-corrected chi connectivity index (χ4v) is 3.76. The third-order valence-corrected chi connectivity index (χ3v) is 5.68. The second-order valence-electron chi connectivity index (χ2n) is 8.18. The summed E-state index contributed by atoms with van der Waals surface area (Å²) in [5.74, 6) is 1.15. The smallest absolute Gasteiger partial charge is 0.143 e. The molecule has 2 aromatic carbocycles. The molecule has 0 saturated carbocycles. The molecule has 0 bridgehead atoms. The third-order valence-electron chi connectivity index (χ3n) is 5.68. The Labute approximate surface area is 182 Å². The molecule has 1 unspecified atom stereocenters. The molecule has 0 aromatic heterocycles. The lowest BCUT2D eigenvalue weighted by molar-refractivity contribution is -0.118. The first-order valence-corrected chi connectivity index (χ1v) is 11.1. The maximum absolute atomic E-state index is 11.2. The maximum Gasteiger partial charge on any atom is 0.143 e. The number of anilines is 1. The van der Waals surface area contributed by atoms with Gasteiger partial charge in [0.05, 0.1) is 13.7 Å². The van der Waals surface area contributed by atoms with Gasteiger partial charge in [0.2, 0.25) is 0 Å². The average molecular weight is 411 g/mol. The van der Waals surface area contributed by atoms with E-state index < -0.39 is 0 Å². The Hall–Kier alpha value is -2.33. The van der Waals surface area contributed by atoms with Crippen LogP contribution in [-0.2, 0) is 11.2 Å². The van der Waals surface area contributed by atoms with Crippen LogP contribution in [0.25, 0.3) is 0 Å². The van der Waals surface area contributed by atoms with Crippen molar-refractivity contribution in [2.75, 3.05) is 38.7 Å². The van der Waals surface area contributed by atoms with Crippen LogP contribution in [0.2, 0.25) is 0 Å². The van der Waals surface area contributed by atoms with Gasteiger partial charge in [-0.15, -0.1) is 0 Å². The van der Waals surface area contributed by atoms with E-state index in [1.807, 2.05) is 19.2 Å². The number of nitrogens with zero attached hydrogens (tertiary/aromatic N) is 2. The van der Waals surface area contributed by atoms with Crippen molar-refractivity contribution in [1.82, 2.24) is 4.90 Å². The summed E-state index contributed by atoms with van der Waals surface area (Å²) in [6.07, 6.45) is 4.97. The van der Waals surface area contributed by atoms with E-state index in [0.717, 1.165) is 12.2 Å². The van der Waals surface area contributed by atoms with Crippen molar-refractivity contribution in [1.29, 1.82) is 0 Å². The molecule has 1 atom stereocenters. The first kappa shape index (κ1) is 23.9.